The minimum absolute atomic E-state index is 0.607. The molecular weight excluding hydrogens is 270 g/mol. The zero-order chi connectivity index (χ0) is 14.1. The van der Waals surface area contributed by atoms with Crippen molar-refractivity contribution in [1.82, 2.24) is 5.32 Å². The Morgan fingerprint density at radius 3 is 2.80 bits per heavy atom. The van der Waals surface area contributed by atoms with Crippen molar-refractivity contribution >= 4 is 21.4 Å². The van der Waals surface area contributed by atoms with Crippen LogP contribution in [0.15, 0.2) is 18.2 Å². The molecule has 1 aromatic carbocycles. The molecule has 0 aliphatic carbocycles. The van der Waals surface area contributed by atoms with Gasteiger partial charge in [0.05, 0.1) is 14.2 Å². The molecule has 0 spiro atoms. The van der Waals surface area contributed by atoms with Crippen LogP contribution in [-0.4, -0.2) is 26.8 Å². The van der Waals surface area contributed by atoms with Crippen LogP contribution in [0.5, 0.6) is 11.5 Å². The van der Waals surface area contributed by atoms with Crippen LogP contribution in [0.3, 0.4) is 0 Å². The first kappa shape index (κ1) is 13.7. The number of fused-ring (bicyclic) bond motifs is 1. The van der Waals surface area contributed by atoms with Crippen molar-refractivity contribution in [3.63, 3.8) is 0 Å². The number of benzene rings is 1. The second kappa shape index (κ2) is 5.62. The number of rotatable bonds is 3. The highest BCUT2D eigenvalue weighted by Crippen LogP contribution is 2.43. The molecule has 3 rings (SSSR count). The number of thiophene rings is 1. The lowest BCUT2D eigenvalue weighted by Gasteiger charge is -2.27. The minimum Gasteiger partial charge on any atom is -0.493 e. The van der Waals surface area contributed by atoms with E-state index < -0.39 is 0 Å². The van der Waals surface area contributed by atoms with Gasteiger partial charge in [0, 0.05) is 21.0 Å². The van der Waals surface area contributed by atoms with Gasteiger partial charge in [0.15, 0.2) is 11.5 Å². The third kappa shape index (κ3) is 2.38. The fraction of sp³-hybridized carbons (Fsp3) is 0.500. The van der Waals surface area contributed by atoms with Gasteiger partial charge in [0.25, 0.3) is 0 Å². The molecule has 108 valence electrons. The number of hydrogen-bond donors (Lipinski definition) is 1. The third-order valence-corrected chi connectivity index (χ3v) is 5.35. The van der Waals surface area contributed by atoms with Gasteiger partial charge in [-0.25, -0.2) is 0 Å². The fourth-order valence-corrected chi connectivity index (χ4v) is 4.26. The monoisotopic (exact) mass is 291 g/mol. The Hall–Kier alpha value is -1.26. The van der Waals surface area contributed by atoms with Crippen LogP contribution in [-0.2, 0) is 0 Å². The first-order valence-electron chi connectivity index (χ1n) is 7.10. The molecule has 1 aliphatic heterocycles. The summed E-state index contributed by atoms with van der Waals surface area (Å²) in [5, 5.41) is 4.69. The number of methoxy groups -OCH3 is 2. The minimum atomic E-state index is 0.607. The maximum absolute atomic E-state index is 5.54. The molecule has 0 saturated carbocycles. The van der Waals surface area contributed by atoms with Crippen LogP contribution in [0.25, 0.3) is 10.1 Å². The molecule has 1 aliphatic rings. The van der Waals surface area contributed by atoms with Crippen LogP contribution < -0.4 is 14.8 Å². The van der Waals surface area contributed by atoms with Gasteiger partial charge in [0.1, 0.15) is 0 Å². The van der Waals surface area contributed by atoms with Crippen molar-refractivity contribution in [1.29, 1.82) is 0 Å². The van der Waals surface area contributed by atoms with Crippen molar-refractivity contribution in [3.8, 4) is 11.5 Å². The number of piperidine rings is 1. The molecule has 2 aromatic rings. The summed E-state index contributed by atoms with van der Waals surface area (Å²) in [5.41, 5.74) is 0. The lowest BCUT2D eigenvalue weighted by Crippen LogP contribution is -2.34. The van der Waals surface area contributed by atoms with Crippen LogP contribution in [0, 0.1) is 0 Å². The Kier molecular flexibility index (Phi) is 3.85. The highest BCUT2D eigenvalue weighted by molar-refractivity contribution is 7.19. The molecule has 3 nitrogen and oxygen atoms in total. The van der Waals surface area contributed by atoms with Crippen LogP contribution >= 0.6 is 11.3 Å². The van der Waals surface area contributed by atoms with E-state index in [0.29, 0.717) is 12.0 Å². The maximum atomic E-state index is 5.54. The summed E-state index contributed by atoms with van der Waals surface area (Å²) in [6.07, 6.45) is 2.43. The summed E-state index contributed by atoms with van der Waals surface area (Å²) in [6.45, 7) is 3.38. The topological polar surface area (TPSA) is 30.5 Å². The molecule has 4 heteroatoms. The second-order valence-corrected chi connectivity index (χ2v) is 6.55. The number of nitrogens with one attached hydrogen (secondary N) is 1. The molecule has 1 N–H and O–H groups in total. The van der Waals surface area contributed by atoms with Gasteiger partial charge < -0.3 is 14.8 Å². The SMILES string of the molecule is COc1ccc2sc([C@@H]3CCN[C@H](C)C3)cc2c1OC. The van der Waals surface area contributed by atoms with Crippen molar-refractivity contribution in [2.45, 2.75) is 31.7 Å². The Morgan fingerprint density at radius 1 is 1.25 bits per heavy atom. The van der Waals surface area contributed by atoms with Gasteiger partial charge >= 0.3 is 0 Å². The molecule has 0 amide bonds. The Bertz CT molecular complexity index is 608. The lowest BCUT2D eigenvalue weighted by molar-refractivity contribution is 0.358. The first-order chi connectivity index (χ1) is 9.72. The zero-order valence-electron chi connectivity index (χ0n) is 12.2. The van der Waals surface area contributed by atoms with E-state index in [9.17, 15) is 0 Å². The zero-order valence-corrected chi connectivity index (χ0v) is 13.0. The molecule has 2 heterocycles. The Labute approximate surface area is 123 Å². The van der Waals surface area contributed by atoms with E-state index in [1.165, 1.54) is 27.8 Å². The number of hydrogen-bond acceptors (Lipinski definition) is 4. The Balaban J connectivity index is 2.01. The molecule has 0 bridgehead atoms. The average Bonchev–Trinajstić information content (AvgIpc) is 2.90. The molecular formula is C16H21NO2S. The molecule has 0 unspecified atom stereocenters. The van der Waals surface area contributed by atoms with Crippen molar-refractivity contribution in [2.75, 3.05) is 20.8 Å². The summed E-state index contributed by atoms with van der Waals surface area (Å²) in [6, 6.07) is 7.03. The van der Waals surface area contributed by atoms with Crippen molar-refractivity contribution in [2.24, 2.45) is 0 Å². The fourth-order valence-electron chi connectivity index (χ4n) is 3.05. The Morgan fingerprint density at radius 2 is 2.10 bits per heavy atom. The van der Waals surface area contributed by atoms with E-state index >= 15 is 0 Å². The van der Waals surface area contributed by atoms with E-state index in [4.69, 9.17) is 9.47 Å². The van der Waals surface area contributed by atoms with E-state index in [1.807, 2.05) is 17.4 Å². The quantitative estimate of drug-likeness (QED) is 0.933. The molecule has 1 saturated heterocycles. The van der Waals surface area contributed by atoms with Crippen LogP contribution in [0.2, 0.25) is 0 Å². The predicted molar refractivity (Wildman–Crippen MR) is 84.4 cm³/mol. The summed E-state index contributed by atoms with van der Waals surface area (Å²) in [7, 11) is 3.40. The average molecular weight is 291 g/mol. The lowest BCUT2D eigenvalue weighted by atomic mass is 9.92. The molecule has 0 radical (unpaired) electrons. The van der Waals surface area contributed by atoms with Gasteiger partial charge in [-0.05, 0) is 50.4 Å². The molecule has 1 aromatic heterocycles. The summed E-state index contributed by atoms with van der Waals surface area (Å²) in [5.74, 6) is 2.33. The van der Waals surface area contributed by atoms with Gasteiger partial charge in [-0.3, -0.25) is 0 Å². The largest absolute Gasteiger partial charge is 0.493 e. The number of ether oxygens (including phenoxy) is 2. The smallest absolute Gasteiger partial charge is 0.169 e. The van der Waals surface area contributed by atoms with E-state index in [0.717, 1.165) is 18.0 Å². The maximum Gasteiger partial charge on any atom is 0.169 e. The normalized spacial score (nSPS) is 22.9. The summed E-state index contributed by atoms with van der Waals surface area (Å²) < 4.78 is 12.2. The van der Waals surface area contributed by atoms with Crippen molar-refractivity contribution < 1.29 is 9.47 Å². The van der Waals surface area contributed by atoms with E-state index in [-0.39, 0.29) is 0 Å². The van der Waals surface area contributed by atoms with Crippen LogP contribution in [0.1, 0.15) is 30.6 Å². The summed E-state index contributed by atoms with van der Waals surface area (Å²) in [4.78, 5) is 1.47. The third-order valence-electron chi connectivity index (χ3n) is 4.08. The first-order valence-corrected chi connectivity index (χ1v) is 7.92. The van der Waals surface area contributed by atoms with Crippen LogP contribution in [0.4, 0.5) is 0 Å². The van der Waals surface area contributed by atoms with E-state index in [2.05, 4.69) is 24.4 Å². The standard InChI is InChI=1S/C16H21NO2S/c1-10-8-11(6-7-17-10)15-9-12-14(20-15)5-4-13(18-2)16(12)19-3/h4-5,9-11,17H,6-8H2,1-3H3/t10-,11-/m1/s1. The molecule has 20 heavy (non-hydrogen) atoms. The van der Waals surface area contributed by atoms with Gasteiger partial charge in [-0.1, -0.05) is 0 Å². The van der Waals surface area contributed by atoms with Gasteiger partial charge in [-0.2, -0.15) is 0 Å². The second-order valence-electron chi connectivity index (χ2n) is 5.44. The van der Waals surface area contributed by atoms with Crippen molar-refractivity contribution in [3.05, 3.63) is 23.1 Å². The van der Waals surface area contributed by atoms with E-state index in [1.54, 1.807) is 14.2 Å². The van der Waals surface area contributed by atoms with Gasteiger partial charge in [-0.15, -0.1) is 11.3 Å². The van der Waals surface area contributed by atoms with Gasteiger partial charge in [0.2, 0.25) is 0 Å². The highest BCUT2D eigenvalue weighted by atomic mass is 32.1. The molecule has 2 atom stereocenters. The highest BCUT2D eigenvalue weighted by Gasteiger charge is 2.22. The summed E-state index contributed by atoms with van der Waals surface area (Å²) >= 11 is 1.89. The predicted octanol–water partition coefficient (Wildman–Crippen LogP) is 3.77. The molecule has 1 fully saturated rings.